The predicted molar refractivity (Wildman–Crippen MR) is 21.9 cm³/mol. The molecule has 0 aromatic carbocycles. The Morgan fingerprint density at radius 1 is 2.00 bits per heavy atom. The standard InChI is InChI=1S/C4H5NO/c1-3-4(6)5-2/h3H2,1H3. The van der Waals surface area contributed by atoms with E-state index in [0.29, 0.717) is 6.42 Å². The first-order valence-corrected chi connectivity index (χ1v) is 1.71. The molecule has 0 N–H and O–H groups in total. The summed E-state index contributed by atoms with van der Waals surface area (Å²) in [5, 5.41) is 0. The second-order valence-corrected chi connectivity index (χ2v) is 0.859. The summed E-state index contributed by atoms with van der Waals surface area (Å²) >= 11 is 0. The zero-order chi connectivity index (χ0) is 4.99. The Kier molecular flexibility index (Phi) is 2.06. The first-order valence-electron chi connectivity index (χ1n) is 1.71. The molecule has 0 aromatic heterocycles. The van der Waals surface area contributed by atoms with E-state index in [0.717, 1.165) is 0 Å². The summed E-state index contributed by atoms with van der Waals surface area (Å²) in [6.45, 7) is 7.75. The first-order chi connectivity index (χ1) is 2.81. The maximum Gasteiger partial charge on any atom is 0.355 e. The van der Waals surface area contributed by atoms with Crippen LogP contribution >= 0.6 is 0 Å². The molecular formula is C4H5NO. The molecule has 0 heterocycles. The highest BCUT2D eigenvalue weighted by atomic mass is 16.1. The van der Waals surface area contributed by atoms with Gasteiger partial charge in [-0.2, -0.15) is 4.85 Å². The third-order valence-electron chi connectivity index (χ3n) is 0.427. The third kappa shape index (κ3) is 1.48. The molecule has 0 aliphatic rings. The fraction of sp³-hybridized carbons (Fsp3) is 0.500. The fourth-order valence-corrected chi connectivity index (χ4v) is 0.0791. The van der Waals surface area contributed by atoms with Crippen molar-refractivity contribution in [1.82, 2.24) is 0 Å². The minimum absolute atomic E-state index is 0.337. The molecule has 0 rings (SSSR count). The average molecular weight is 83.1 g/mol. The second kappa shape index (κ2) is 2.40. The molecule has 0 unspecified atom stereocenters. The van der Waals surface area contributed by atoms with Crippen LogP contribution in [0, 0.1) is 6.57 Å². The van der Waals surface area contributed by atoms with E-state index in [1.54, 1.807) is 6.92 Å². The van der Waals surface area contributed by atoms with Crippen molar-refractivity contribution in [3.8, 4) is 0 Å². The molecule has 0 atom stereocenters. The van der Waals surface area contributed by atoms with Gasteiger partial charge in [0.1, 0.15) is 0 Å². The van der Waals surface area contributed by atoms with Crippen molar-refractivity contribution in [3.63, 3.8) is 0 Å². The highest BCUT2D eigenvalue weighted by molar-refractivity contribution is 5.85. The van der Waals surface area contributed by atoms with E-state index in [4.69, 9.17) is 6.57 Å². The lowest BCUT2D eigenvalue weighted by Gasteiger charge is -1.69. The number of rotatable bonds is 1. The molecule has 2 nitrogen and oxygen atoms in total. The van der Waals surface area contributed by atoms with Gasteiger partial charge in [-0.25, -0.2) is 0 Å². The lowest BCUT2D eigenvalue weighted by molar-refractivity contribution is -0.114. The van der Waals surface area contributed by atoms with Crippen LogP contribution in [0.15, 0.2) is 0 Å². The largest absolute Gasteiger partial charge is 0.355 e. The predicted octanol–water partition coefficient (Wildman–Crippen LogP) is 0.842. The molecule has 2 heteroatoms. The summed E-state index contributed by atoms with van der Waals surface area (Å²) in [7, 11) is 0. The van der Waals surface area contributed by atoms with Crippen molar-refractivity contribution >= 4 is 5.91 Å². The molecule has 0 aliphatic carbocycles. The van der Waals surface area contributed by atoms with Crippen LogP contribution in [-0.2, 0) is 4.79 Å². The van der Waals surface area contributed by atoms with Gasteiger partial charge in [0.15, 0.2) is 0 Å². The maximum absolute atomic E-state index is 9.83. The van der Waals surface area contributed by atoms with E-state index < -0.39 is 0 Å². The van der Waals surface area contributed by atoms with Crippen molar-refractivity contribution in [3.05, 3.63) is 11.4 Å². The number of hydrogen-bond acceptors (Lipinski definition) is 1. The third-order valence-corrected chi connectivity index (χ3v) is 0.427. The van der Waals surface area contributed by atoms with Gasteiger partial charge in [-0.1, -0.05) is 6.92 Å². The summed E-state index contributed by atoms with van der Waals surface area (Å²) in [6, 6.07) is 0. The zero-order valence-corrected chi connectivity index (χ0v) is 3.56. The molecule has 0 saturated carbocycles. The van der Waals surface area contributed by atoms with Crippen LogP contribution in [0.1, 0.15) is 13.3 Å². The molecule has 0 radical (unpaired) electrons. The lowest BCUT2D eigenvalue weighted by atomic mass is 10.5. The highest BCUT2D eigenvalue weighted by Crippen LogP contribution is 1.77. The summed E-state index contributed by atoms with van der Waals surface area (Å²) in [5.74, 6) is -0.366. The molecule has 0 aliphatic heterocycles. The molecule has 0 fully saturated rings. The van der Waals surface area contributed by atoms with Crippen LogP contribution in [-0.4, -0.2) is 5.91 Å². The summed E-state index contributed by atoms with van der Waals surface area (Å²) in [5.41, 5.74) is 0. The Bertz CT molecular complexity index is 90.2. The van der Waals surface area contributed by atoms with Gasteiger partial charge in [0, 0.05) is 6.42 Å². The second-order valence-electron chi connectivity index (χ2n) is 0.859. The number of amides is 1. The van der Waals surface area contributed by atoms with E-state index in [1.807, 2.05) is 0 Å². The number of nitrogens with zero attached hydrogens (tertiary/aromatic N) is 1. The van der Waals surface area contributed by atoms with Crippen molar-refractivity contribution in [2.24, 2.45) is 0 Å². The van der Waals surface area contributed by atoms with Gasteiger partial charge in [0.25, 0.3) is 0 Å². The maximum atomic E-state index is 9.83. The van der Waals surface area contributed by atoms with Gasteiger partial charge in [0.2, 0.25) is 0 Å². The molecular weight excluding hydrogens is 78.0 g/mol. The van der Waals surface area contributed by atoms with E-state index in [2.05, 4.69) is 4.85 Å². The van der Waals surface area contributed by atoms with Crippen LogP contribution in [0.2, 0.25) is 0 Å². The minimum atomic E-state index is -0.366. The van der Waals surface area contributed by atoms with E-state index >= 15 is 0 Å². The van der Waals surface area contributed by atoms with E-state index in [1.165, 1.54) is 0 Å². The lowest BCUT2D eigenvalue weighted by Crippen LogP contribution is -1.80. The monoisotopic (exact) mass is 83.0 g/mol. The Hall–Kier alpha value is -0.840. The Balaban J connectivity index is 3.33. The summed E-state index contributed by atoms with van der Waals surface area (Å²) < 4.78 is 0. The topological polar surface area (TPSA) is 21.4 Å². The van der Waals surface area contributed by atoms with E-state index in [9.17, 15) is 4.79 Å². The summed E-state index contributed by atoms with van der Waals surface area (Å²) in [6.07, 6.45) is 0.337. The van der Waals surface area contributed by atoms with Crippen molar-refractivity contribution in [1.29, 1.82) is 0 Å². The first kappa shape index (κ1) is 5.16. The number of carbonyl (C=O) groups is 1. The quantitative estimate of drug-likeness (QED) is 0.430. The van der Waals surface area contributed by atoms with Gasteiger partial charge in [-0.3, -0.25) is 0 Å². The van der Waals surface area contributed by atoms with Gasteiger partial charge in [0.05, 0.1) is 6.57 Å². The normalized spacial score (nSPS) is 6.67. The molecule has 0 aromatic rings. The van der Waals surface area contributed by atoms with E-state index in [-0.39, 0.29) is 5.91 Å². The Morgan fingerprint density at radius 3 is 2.50 bits per heavy atom. The van der Waals surface area contributed by atoms with Gasteiger partial charge in [-0.15, -0.1) is 0 Å². The SMILES string of the molecule is [C-]#[N+]C(=O)CC. The van der Waals surface area contributed by atoms with Crippen LogP contribution in [0.4, 0.5) is 0 Å². The molecule has 0 bridgehead atoms. The molecule has 32 valence electrons. The van der Waals surface area contributed by atoms with Crippen molar-refractivity contribution < 1.29 is 4.79 Å². The Labute approximate surface area is 36.6 Å². The van der Waals surface area contributed by atoms with Crippen molar-refractivity contribution in [2.45, 2.75) is 13.3 Å². The van der Waals surface area contributed by atoms with Crippen LogP contribution in [0.25, 0.3) is 4.85 Å². The average Bonchev–Trinajstić information content (AvgIpc) is 1.65. The van der Waals surface area contributed by atoms with Crippen LogP contribution < -0.4 is 0 Å². The van der Waals surface area contributed by atoms with Crippen molar-refractivity contribution in [2.75, 3.05) is 0 Å². The number of hydrogen-bond donors (Lipinski definition) is 0. The minimum Gasteiger partial charge on any atom is -0.315 e. The highest BCUT2D eigenvalue weighted by Gasteiger charge is 1.87. The van der Waals surface area contributed by atoms with Gasteiger partial charge < -0.3 is 4.79 Å². The fourth-order valence-electron chi connectivity index (χ4n) is 0.0791. The molecule has 1 amide bonds. The summed E-state index contributed by atoms with van der Waals surface area (Å²) in [4.78, 5) is 12.4. The molecule has 6 heavy (non-hydrogen) atoms. The Morgan fingerprint density at radius 2 is 2.50 bits per heavy atom. The van der Waals surface area contributed by atoms with Crippen LogP contribution in [0.5, 0.6) is 0 Å². The van der Waals surface area contributed by atoms with Crippen LogP contribution in [0.3, 0.4) is 0 Å². The zero-order valence-electron chi connectivity index (χ0n) is 3.56. The smallest absolute Gasteiger partial charge is 0.315 e. The molecule has 0 spiro atoms. The van der Waals surface area contributed by atoms with Gasteiger partial charge >= 0.3 is 5.91 Å². The molecule has 0 saturated heterocycles. The van der Waals surface area contributed by atoms with Gasteiger partial charge in [-0.05, 0) is 0 Å². The number of carbonyl (C=O) groups excluding carboxylic acids is 1.